The van der Waals surface area contributed by atoms with Gasteiger partial charge < -0.3 is 24.3 Å². The molecule has 2 aliphatic carbocycles. The van der Waals surface area contributed by atoms with E-state index in [0.717, 1.165) is 22.3 Å². The van der Waals surface area contributed by atoms with E-state index in [1.54, 1.807) is 30.3 Å². The number of halogens is 1. The number of Topliss-reactive ketones (excluding diaryl/α,β-unsaturated/α-hetero) is 1. The lowest BCUT2D eigenvalue weighted by Gasteiger charge is -2.27. The normalized spacial score (nSPS) is 18.5. The van der Waals surface area contributed by atoms with Gasteiger partial charge >= 0.3 is 5.97 Å². The smallest absolute Gasteiger partial charge is 0.343 e. The van der Waals surface area contributed by atoms with Crippen molar-refractivity contribution in [1.82, 2.24) is 5.32 Å². The molecule has 0 heterocycles. The van der Waals surface area contributed by atoms with Crippen LogP contribution in [0.2, 0.25) is 0 Å². The maximum Gasteiger partial charge on any atom is 0.343 e. The van der Waals surface area contributed by atoms with Crippen molar-refractivity contribution >= 4 is 34.8 Å². The van der Waals surface area contributed by atoms with Gasteiger partial charge in [-0.25, -0.2) is 4.79 Å². The van der Waals surface area contributed by atoms with Crippen LogP contribution in [0.25, 0.3) is 5.57 Å². The van der Waals surface area contributed by atoms with Gasteiger partial charge in [-0.05, 0) is 53.8 Å². The van der Waals surface area contributed by atoms with E-state index in [9.17, 15) is 14.4 Å². The van der Waals surface area contributed by atoms with Crippen LogP contribution in [0.5, 0.6) is 17.2 Å². The largest absolute Gasteiger partial charge is 0.493 e. The molecule has 0 spiro atoms. The fraction of sp³-hybridized carbons (Fsp3) is 0.345. The maximum absolute atomic E-state index is 13.1. The highest BCUT2D eigenvalue weighted by Gasteiger charge is 2.38. The third-order valence-electron chi connectivity index (χ3n) is 6.81. The number of amides is 1. The lowest BCUT2D eigenvalue weighted by Crippen LogP contribution is -2.40. The molecule has 38 heavy (non-hydrogen) atoms. The van der Waals surface area contributed by atoms with E-state index in [2.05, 4.69) is 5.32 Å². The number of carbonyl (C=O) groups is 3. The van der Waals surface area contributed by atoms with Gasteiger partial charge in [0.25, 0.3) is 0 Å². The summed E-state index contributed by atoms with van der Waals surface area (Å²) >= 11 is 5.93. The molecule has 200 valence electrons. The molecule has 2 atom stereocenters. The van der Waals surface area contributed by atoms with Crippen molar-refractivity contribution in [3.63, 3.8) is 0 Å². The second-order valence-corrected chi connectivity index (χ2v) is 9.40. The molecule has 0 fully saturated rings. The van der Waals surface area contributed by atoms with Gasteiger partial charge in [-0.2, -0.15) is 0 Å². The Morgan fingerprint density at radius 1 is 1.05 bits per heavy atom. The quantitative estimate of drug-likeness (QED) is 0.311. The Bertz CT molecular complexity index is 1330. The third-order valence-corrected chi connectivity index (χ3v) is 7.12. The highest BCUT2D eigenvalue weighted by molar-refractivity contribution is 6.17. The number of hydrogen-bond acceptors (Lipinski definition) is 7. The summed E-state index contributed by atoms with van der Waals surface area (Å²) in [6, 6.07) is 8.36. The molecular weight excluding hydrogens is 510 g/mol. The lowest BCUT2D eigenvalue weighted by molar-refractivity contribution is -0.121. The first-order valence-electron chi connectivity index (χ1n) is 12.2. The first-order valence-corrected chi connectivity index (χ1v) is 12.8. The minimum absolute atomic E-state index is 0.148. The Hall–Kier alpha value is -3.78. The van der Waals surface area contributed by atoms with Crippen molar-refractivity contribution in [2.75, 3.05) is 21.3 Å². The number of methoxy groups -OCH3 is 3. The van der Waals surface area contributed by atoms with Crippen LogP contribution in [-0.2, 0) is 26.6 Å². The highest BCUT2D eigenvalue weighted by atomic mass is 35.5. The molecule has 2 aromatic rings. The van der Waals surface area contributed by atoms with E-state index < -0.39 is 5.97 Å². The topological polar surface area (TPSA) is 100 Å². The highest BCUT2D eigenvalue weighted by Crippen LogP contribution is 2.50. The number of hydrogen-bond donors (Lipinski definition) is 1. The predicted molar refractivity (Wildman–Crippen MR) is 143 cm³/mol. The van der Waals surface area contributed by atoms with E-state index in [1.165, 1.54) is 28.3 Å². The molecule has 1 amide bonds. The van der Waals surface area contributed by atoms with Crippen molar-refractivity contribution in [2.45, 2.75) is 38.1 Å². The average Bonchev–Trinajstić information content (AvgIpc) is 3.16. The van der Waals surface area contributed by atoms with E-state index >= 15 is 0 Å². The zero-order valence-corrected chi connectivity index (χ0v) is 22.5. The molecule has 0 radical (unpaired) electrons. The summed E-state index contributed by atoms with van der Waals surface area (Å²) < 4.78 is 22.7. The summed E-state index contributed by atoms with van der Waals surface area (Å²) in [6.07, 6.45) is 4.72. The van der Waals surface area contributed by atoms with E-state index in [0.29, 0.717) is 24.2 Å². The number of carbonyl (C=O) groups excluding carboxylic acids is 3. The van der Waals surface area contributed by atoms with Crippen molar-refractivity contribution < 1.29 is 33.3 Å². The Balaban J connectivity index is 1.85. The Kier molecular flexibility index (Phi) is 8.42. The number of nitrogens with one attached hydrogen (secondary N) is 1. The van der Waals surface area contributed by atoms with Gasteiger partial charge in [0.15, 0.2) is 23.0 Å². The summed E-state index contributed by atoms with van der Waals surface area (Å²) in [7, 11) is 4.44. The molecule has 0 aromatic heterocycles. The zero-order valence-electron chi connectivity index (χ0n) is 21.8. The minimum atomic E-state index is -0.563. The molecule has 2 aromatic carbocycles. The standard InChI is InChI=1S/C29H30ClNO7/c1-16(32)31-22-10-8-18-13-25(38-29(34)19-7-5-6-17(12-19)15-30)27(36-3)28(37-4)26(18)20-9-11-24(35-2)23(33)14-21(20)22/h5-7,9,11-13,21-22H,8,10,14-15H2,1-4H3,(H,31,32)/t21?,22-/m0/s1. The van der Waals surface area contributed by atoms with Gasteiger partial charge in [-0.1, -0.05) is 18.2 Å². The van der Waals surface area contributed by atoms with Crippen LogP contribution in [0.15, 0.2) is 48.2 Å². The number of benzene rings is 2. The first kappa shape index (κ1) is 27.3. The number of rotatable bonds is 7. The average molecular weight is 540 g/mol. The van der Waals surface area contributed by atoms with Crippen LogP contribution in [0.3, 0.4) is 0 Å². The van der Waals surface area contributed by atoms with E-state index in [-0.39, 0.29) is 53.2 Å². The van der Waals surface area contributed by atoms with Gasteiger partial charge in [0.2, 0.25) is 11.7 Å². The molecule has 0 bridgehead atoms. The SMILES string of the molecule is COC1=CC=C2c3c(cc(OC(=O)c4cccc(CCl)c4)c(OC)c3OC)CC[C@H](NC(C)=O)C2CC1=O. The third kappa shape index (κ3) is 5.41. The molecule has 0 saturated carbocycles. The van der Waals surface area contributed by atoms with E-state index in [4.69, 9.17) is 30.5 Å². The summed E-state index contributed by atoms with van der Waals surface area (Å²) in [4.78, 5) is 38.1. The van der Waals surface area contributed by atoms with Crippen LogP contribution >= 0.6 is 11.6 Å². The molecule has 2 aliphatic rings. The van der Waals surface area contributed by atoms with Crippen molar-refractivity contribution in [3.05, 3.63) is 70.5 Å². The number of ether oxygens (including phenoxy) is 4. The lowest BCUT2D eigenvalue weighted by atomic mass is 9.83. The summed E-state index contributed by atoms with van der Waals surface area (Å²) in [6.45, 7) is 1.46. The van der Waals surface area contributed by atoms with Crippen molar-refractivity contribution in [1.29, 1.82) is 0 Å². The van der Waals surface area contributed by atoms with Gasteiger partial charge in [-0.3, -0.25) is 9.59 Å². The number of alkyl halides is 1. The summed E-state index contributed by atoms with van der Waals surface area (Å²) in [5.74, 6) is 0.106. The maximum atomic E-state index is 13.1. The molecule has 0 aliphatic heterocycles. The molecular formula is C29H30ClNO7. The second kappa shape index (κ2) is 11.7. The molecule has 9 heteroatoms. The van der Waals surface area contributed by atoms with Crippen LogP contribution in [0, 0.1) is 5.92 Å². The number of ketones is 1. The predicted octanol–water partition coefficient (Wildman–Crippen LogP) is 4.62. The van der Waals surface area contributed by atoms with Gasteiger partial charge in [-0.15, -0.1) is 11.6 Å². The van der Waals surface area contributed by atoms with Crippen LogP contribution in [0.1, 0.15) is 46.8 Å². The Morgan fingerprint density at radius 2 is 1.82 bits per heavy atom. The van der Waals surface area contributed by atoms with Crippen LogP contribution in [0.4, 0.5) is 0 Å². The van der Waals surface area contributed by atoms with E-state index in [1.807, 2.05) is 12.1 Å². The molecule has 4 rings (SSSR count). The molecule has 1 N–H and O–H groups in total. The fourth-order valence-electron chi connectivity index (χ4n) is 5.13. The summed E-state index contributed by atoms with van der Waals surface area (Å²) in [5.41, 5.74) is 3.53. The number of esters is 1. The second-order valence-electron chi connectivity index (χ2n) is 9.14. The number of aryl methyl sites for hydroxylation is 1. The van der Waals surface area contributed by atoms with Crippen LogP contribution < -0.4 is 19.5 Å². The van der Waals surface area contributed by atoms with Gasteiger partial charge in [0, 0.05) is 36.7 Å². The fourth-order valence-corrected chi connectivity index (χ4v) is 5.30. The zero-order chi connectivity index (χ0) is 27.4. The monoisotopic (exact) mass is 539 g/mol. The first-order chi connectivity index (χ1) is 18.3. The molecule has 8 nitrogen and oxygen atoms in total. The minimum Gasteiger partial charge on any atom is -0.493 e. The number of fused-ring (bicyclic) bond motifs is 3. The molecule has 1 unspecified atom stereocenters. The Labute approximate surface area is 226 Å². The van der Waals surface area contributed by atoms with Crippen LogP contribution in [-0.4, -0.2) is 45.0 Å². The summed E-state index contributed by atoms with van der Waals surface area (Å²) in [5, 5.41) is 3.02. The molecule has 0 saturated heterocycles. The Morgan fingerprint density at radius 3 is 2.47 bits per heavy atom. The van der Waals surface area contributed by atoms with Crippen molar-refractivity contribution in [2.24, 2.45) is 5.92 Å². The van der Waals surface area contributed by atoms with Gasteiger partial charge in [0.1, 0.15) is 0 Å². The van der Waals surface area contributed by atoms with Gasteiger partial charge in [0.05, 0.1) is 26.9 Å². The van der Waals surface area contributed by atoms with Crippen molar-refractivity contribution in [3.8, 4) is 17.2 Å². The number of allylic oxidation sites excluding steroid dienone is 3.